The van der Waals surface area contributed by atoms with Gasteiger partial charge < -0.3 is 5.11 Å². The Labute approximate surface area is 120 Å². The van der Waals surface area contributed by atoms with E-state index in [-0.39, 0.29) is 6.04 Å². The molecule has 1 saturated carbocycles. The standard InChI is InChI=1S/C13H24N2O4S/c1-2-12(9-10-3-4-10)14-20(18,19)15-7-5-11(6-8-15)13(16)17/h10-12,14H,2-9H2,1H3,(H,16,17). The second-order valence-electron chi connectivity index (χ2n) is 5.92. The van der Waals surface area contributed by atoms with Gasteiger partial charge in [0.2, 0.25) is 0 Å². The lowest BCUT2D eigenvalue weighted by Gasteiger charge is -2.30. The first-order chi connectivity index (χ1) is 9.42. The predicted molar refractivity (Wildman–Crippen MR) is 75.4 cm³/mol. The number of aliphatic carboxylic acids is 1. The fraction of sp³-hybridized carbons (Fsp3) is 0.923. The maximum Gasteiger partial charge on any atom is 0.306 e. The lowest BCUT2D eigenvalue weighted by Crippen LogP contribution is -2.48. The molecule has 1 aliphatic heterocycles. The maximum absolute atomic E-state index is 12.3. The Hall–Kier alpha value is -0.660. The molecule has 7 heteroatoms. The third-order valence-corrected chi connectivity index (χ3v) is 5.94. The zero-order valence-corrected chi connectivity index (χ0v) is 12.7. The second kappa shape index (κ2) is 6.41. The molecule has 1 heterocycles. The first kappa shape index (κ1) is 15.7. The van der Waals surface area contributed by atoms with Crippen molar-refractivity contribution in [2.75, 3.05) is 13.1 Å². The summed E-state index contributed by atoms with van der Waals surface area (Å²) in [6.07, 6.45) is 4.93. The average Bonchev–Trinajstić information content (AvgIpc) is 3.21. The Kier molecular flexibility index (Phi) is 5.04. The number of hydrogen-bond acceptors (Lipinski definition) is 3. The normalized spacial score (nSPS) is 23.6. The molecule has 0 bridgehead atoms. The van der Waals surface area contributed by atoms with Crippen LogP contribution in [0.5, 0.6) is 0 Å². The van der Waals surface area contributed by atoms with E-state index in [0.717, 1.165) is 12.8 Å². The fourth-order valence-corrected chi connectivity index (χ4v) is 4.21. The van der Waals surface area contributed by atoms with Crippen LogP contribution in [0.4, 0.5) is 0 Å². The minimum absolute atomic E-state index is 0.00435. The maximum atomic E-state index is 12.3. The lowest BCUT2D eigenvalue weighted by atomic mass is 9.99. The zero-order valence-electron chi connectivity index (χ0n) is 11.9. The summed E-state index contributed by atoms with van der Waals surface area (Å²) in [4.78, 5) is 10.9. The van der Waals surface area contributed by atoms with Crippen molar-refractivity contribution in [1.29, 1.82) is 0 Å². The summed E-state index contributed by atoms with van der Waals surface area (Å²) in [6.45, 7) is 2.59. The molecule has 116 valence electrons. The van der Waals surface area contributed by atoms with Crippen LogP contribution in [0.15, 0.2) is 0 Å². The number of rotatable bonds is 7. The Morgan fingerprint density at radius 1 is 1.30 bits per heavy atom. The number of carboxylic acids is 1. The van der Waals surface area contributed by atoms with Gasteiger partial charge >= 0.3 is 5.97 Å². The molecular formula is C13H24N2O4S. The molecule has 1 unspecified atom stereocenters. The molecule has 0 aromatic heterocycles. The summed E-state index contributed by atoms with van der Waals surface area (Å²) in [5.41, 5.74) is 0. The van der Waals surface area contributed by atoms with Crippen molar-refractivity contribution < 1.29 is 18.3 Å². The van der Waals surface area contributed by atoms with E-state index in [9.17, 15) is 13.2 Å². The van der Waals surface area contributed by atoms with Crippen LogP contribution >= 0.6 is 0 Å². The number of hydrogen-bond donors (Lipinski definition) is 2. The third kappa shape index (κ3) is 4.17. The topological polar surface area (TPSA) is 86.7 Å². The van der Waals surface area contributed by atoms with Gasteiger partial charge in [0.25, 0.3) is 10.2 Å². The van der Waals surface area contributed by atoms with Crippen LogP contribution in [0.3, 0.4) is 0 Å². The monoisotopic (exact) mass is 304 g/mol. The van der Waals surface area contributed by atoms with Crippen molar-refractivity contribution in [3.8, 4) is 0 Å². The van der Waals surface area contributed by atoms with Crippen molar-refractivity contribution in [2.24, 2.45) is 11.8 Å². The molecule has 0 spiro atoms. The Morgan fingerprint density at radius 2 is 1.90 bits per heavy atom. The molecule has 6 nitrogen and oxygen atoms in total. The van der Waals surface area contributed by atoms with Crippen LogP contribution < -0.4 is 4.72 Å². The van der Waals surface area contributed by atoms with Crippen molar-refractivity contribution >= 4 is 16.2 Å². The lowest BCUT2D eigenvalue weighted by molar-refractivity contribution is -0.142. The van der Waals surface area contributed by atoms with Crippen LogP contribution in [0.2, 0.25) is 0 Å². The first-order valence-corrected chi connectivity index (χ1v) is 8.86. The number of nitrogens with one attached hydrogen (secondary N) is 1. The fourth-order valence-electron chi connectivity index (χ4n) is 2.68. The number of carboxylic acid groups (broad SMARTS) is 1. The van der Waals surface area contributed by atoms with Gasteiger partial charge in [0.15, 0.2) is 0 Å². The quantitative estimate of drug-likeness (QED) is 0.740. The molecule has 0 aromatic carbocycles. The summed E-state index contributed by atoms with van der Waals surface area (Å²) in [6, 6.07) is 0.00435. The molecule has 2 aliphatic rings. The Balaban J connectivity index is 1.87. The highest BCUT2D eigenvalue weighted by Gasteiger charge is 2.33. The summed E-state index contributed by atoms with van der Waals surface area (Å²) in [5.74, 6) is -0.551. The van der Waals surface area contributed by atoms with Crippen LogP contribution in [0.1, 0.15) is 45.4 Å². The van der Waals surface area contributed by atoms with E-state index in [0.29, 0.717) is 31.8 Å². The van der Waals surface area contributed by atoms with Crippen LogP contribution in [-0.4, -0.2) is 42.9 Å². The molecule has 1 aliphatic carbocycles. The summed E-state index contributed by atoms with van der Waals surface area (Å²) in [5, 5.41) is 8.93. The van der Waals surface area contributed by atoms with E-state index >= 15 is 0 Å². The molecule has 1 atom stereocenters. The van der Waals surface area contributed by atoms with Gasteiger partial charge in [-0.15, -0.1) is 0 Å². The van der Waals surface area contributed by atoms with E-state index in [1.54, 1.807) is 0 Å². The highest BCUT2D eigenvalue weighted by molar-refractivity contribution is 7.87. The van der Waals surface area contributed by atoms with Gasteiger partial charge in [-0.05, 0) is 31.6 Å². The van der Waals surface area contributed by atoms with Gasteiger partial charge in [-0.2, -0.15) is 17.4 Å². The summed E-state index contributed by atoms with van der Waals surface area (Å²) >= 11 is 0. The largest absolute Gasteiger partial charge is 0.481 e. The third-order valence-electron chi connectivity index (χ3n) is 4.27. The van der Waals surface area contributed by atoms with Crippen molar-refractivity contribution in [3.63, 3.8) is 0 Å². The molecule has 0 radical (unpaired) electrons. The van der Waals surface area contributed by atoms with Gasteiger partial charge in [-0.3, -0.25) is 4.79 Å². The number of carbonyl (C=O) groups is 1. The minimum atomic E-state index is -3.47. The second-order valence-corrected chi connectivity index (χ2v) is 7.62. The van der Waals surface area contributed by atoms with Gasteiger partial charge in [-0.25, -0.2) is 0 Å². The van der Waals surface area contributed by atoms with Crippen LogP contribution in [0, 0.1) is 11.8 Å². The van der Waals surface area contributed by atoms with Gasteiger partial charge in [0.05, 0.1) is 5.92 Å². The first-order valence-electron chi connectivity index (χ1n) is 7.42. The molecular weight excluding hydrogens is 280 g/mol. The van der Waals surface area contributed by atoms with Crippen LogP contribution in [-0.2, 0) is 15.0 Å². The van der Waals surface area contributed by atoms with Crippen molar-refractivity contribution in [2.45, 2.75) is 51.5 Å². The highest BCUT2D eigenvalue weighted by atomic mass is 32.2. The number of nitrogens with zero attached hydrogens (tertiary/aromatic N) is 1. The van der Waals surface area contributed by atoms with Gasteiger partial charge in [-0.1, -0.05) is 19.8 Å². The molecule has 0 aromatic rings. The Bertz CT molecular complexity index is 439. The van der Waals surface area contributed by atoms with Crippen molar-refractivity contribution in [1.82, 2.24) is 9.03 Å². The minimum Gasteiger partial charge on any atom is -0.481 e. The summed E-state index contributed by atoms with van der Waals surface area (Å²) < 4.78 is 28.8. The van der Waals surface area contributed by atoms with E-state index in [4.69, 9.17) is 5.11 Å². The van der Waals surface area contributed by atoms with E-state index in [2.05, 4.69) is 4.72 Å². The van der Waals surface area contributed by atoms with Crippen LogP contribution in [0.25, 0.3) is 0 Å². The highest BCUT2D eigenvalue weighted by Crippen LogP contribution is 2.34. The average molecular weight is 304 g/mol. The molecule has 20 heavy (non-hydrogen) atoms. The molecule has 2 N–H and O–H groups in total. The number of piperidine rings is 1. The van der Waals surface area contributed by atoms with E-state index in [1.807, 2.05) is 6.92 Å². The molecule has 2 fully saturated rings. The van der Waals surface area contributed by atoms with E-state index in [1.165, 1.54) is 17.1 Å². The molecule has 0 amide bonds. The smallest absolute Gasteiger partial charge is 0.306 e. The van der Waals surface area contributed by atoms with Gasteiger partial charge in [0, 0.05) is 19.1 Å². The van der Waals surface area contributed by atoms with E-state index < -0.39 is 22.1 Å². The van der Waals surface area contributed by atoms with Gasteiger partial charge in [0.1, 0.15) is 0 Å². The zero-order chi connectivity index (χ0) is 14.8. The summed E-state index contributed by atoms with van der Waals surface area (Å²) in [7, 11) is -3.47. The predicted octanol–water partition coefficient (Wildman–Crippen LogP) is 1.20. The molecule has 1 saturated heterocycles. The Morgan fingerprint density at radius 3 is 2.35 bits per heavy atom. The SMILES string of the molecule is CCC(CC1CC1)NS(=O)(=O)N1CCC(C(=O)O)CC1. The molecule has 2 rings (SSSR count). The van der Waals surface area contributed by atoms with Crippen molar-refractivity contribution in [3.05, 3.63) is 0 Å².